The maximum atomic E-state index is 6.02. The highest BCUT2D eigenvalue weighted by atomic mass is 79.9. The van der Waals surface area contributed by atoms with E-state index in [2.05, 4.69) is 36.4 Å². The van der Waals surface area contributed by atoms with Crippen LogP contribution in [0.5, 0.6) is 0 Å². The van der Waals surface area contributed by atoms with E-state index in [9.17, 15) is 0 Å². The molecule has 0 atom stereocenters. The summed E-state index contributed by atoms with van der Waals surface area (Å²) in [5.74, 6) is 0.709. The fourth-order valence-electron chi connectivity index (χ4n) is 2.36. The first-order valence-electron chi connectivity index (χ1n) is 7.69. The van der Waals surface area contributed by atoms with Gasteiger partial charge in [0.25, 0.3) is 0 Å². The second-order valence-corrected chi connectivity index (χ2v) is 6.88. The highest BCUT2D eigenvalue weighted by Crippen LogP contribution is 2.17. The lowest BCUT2D eigenvalue weighted by Gasteiger charge is -2.09. The number of aryl methyl sites for hydroxylation is 2. The van der Waals surface area contributed by atoms with Gasteiger partial charge in [0.05, 0.1) is 11.4 Å². The molecule has 0 amide bonds. The molecule has 0 aliphatic heterocycles. The maximum absolute atomic E-state index is 6.02. The molecule has 0 unspecified atom stereocenters. The Kier molecular flexibility index (Phi) is 5.46. The molecule has 1 N–H and O–H groups in total. The number of anilines is 1. The van der Waals surface area contributed by atoms with E-state index in [-0.39, 0.29) is 0 Å². The predicted octanol–water partition coefficient (Wildman–Crippen LogP) is 5.37. The largest absolute Gasteiger partial charge is 0.278 e. The maximum Gasteiger partial charge on any atom is 0.126 e. The Hall–Kier alpha value is -2.24. The van der Waals surface area contributed by atoms with Gasteiger partial charge in [0.2, 0.25) is 0 Å². The van der Waals surface area contributed by atoms with E-state index in [1.54, 1.807) is 0 Å². The number of hydrogen-bond donors (Lipinski definition) is 1. The topological polar surface area (TPSA) is 50.2 Å². The molecule has 0 saturated carbocycles. The number of hydrazone groups is 1. The molecule has 3 rings (SSSR count). The second-order valence-electron chi connectivity index (χ2n) is 5.53. The van der Waals surface area contributed by atoms with Gasteiger partial charge in [-0.3, -0.25) is 5.43 Å². The van der Waals surface area contributed by atoms with Crippen LogP contribution in [0.25, 0.3) is 0 Å². The van der Waals surface area contributed by atoms with Crippen LogP contribution in [0.4, 0.5) is 5.69 Å². The first-order valence-corrected chi connectivity index (χ1v) is 8.86. The van der Waals surface area contributed by atoms with Gasteiger partial charge >= 0.3 is 0 Å². The van der Waals surface area contributed by atoms with Crippen molar-refractivity contribution < 1.29 is 0 Å². The number of benzene rings is 2. The molecule has 3 aromatic rings. The van der Waals surface area contributed by atoms with Crippen molar-refractivity contribution in [1.82, 2.24) is 9.97 Å². The number of hydrogen-bond acceptors (Lipinski definition) is 4. The fraction of sp³-hybridized carbons (Fsp3) is 0.105. The summed E-state index contributed by atoms with van der Waals surface area (Å²) < 4.78 is 1.02. The molecule has 2 aromatic carbocycles. The van der Waals surface area contributed by atoms with Gasteiger partial charge in [-0.05, 0) is 56.3 Å². The molecule has 1 heterocycles. The first kappa shape index (κ1) is 17.6. The van der Waals surface area contributed by atoms with Crippen molar-refractivity contribution in [3.63, 3.8) is 0 Å². The number of halogens is 2. The Morgan fingerprint density at radius 3 is 2.32 bits per heavy atom. The van der Waals surface area contributed by atoms with Crippen molar-refractivity contribution in [3.05, 3.63) is 86.9 Å². The average molecular weight is 416 g/mol. The Morgan fingerprint density at radius 1 is 1.00 bits per heavy atom. The SMILES string of the molecule is Cc1cc(/C(=N/Nc2ccc(Br)cc2)c2ccc(Cl)cc2)nc(C)n1. The van der Waals surface area contributed by atoms with Crippen LogP contribution in [0.3, 0.4) is 0 Å². The molecule has 0 aliphatic carbocycles. The molecular formula is C19H16BrClN4. The van der Waals surface area contributed by atoms with Gasteiger partial charge in [0.1, 0.15) is 11.5 Å². The van der Waals surface area contributed by atoms with Gasteiger partial charge in [-0.1, -0.05) is 39.7 Å². The van der Waals surface area contributed by atoms with E-state index >= 15 is 0 Å². The smallest absolute Gasteiger partial charge is 0.126 e. The van der Waals surface area contributed by atoms with E-state index in [0.29, 0.717) is 10.8 Å². The highest BCUT2D eigenvalue weighted by Gasteiger charge is 2.11. The van der Waals surface area contributed by atoms with E-state index in [1.165, 1.54) is 0 Å². The highest BCUT2D eigenvalue weighted by molar-refractivity contribution is 9.10. The number of aromatic nitrogens is 2. The van der Waals surface area contributed by atoms with Crippen LogP contribution in [0.2, 0.25) is 5.02 Å². The summed E-state index contributed by atoms with van der Waals surface area (Å²) in [5, 5.41) is 5.27. The fourth-order valence-corrected chi connectivity index (χ4v) is 2.75. The molecular weight excluding hydrogens is 400 g/mol. The minimum Gasteiger partial charge on any atom is -0.278 e. The Morgan fingerprint density at radius 2 is 1.68 bits per heavy atom. The number of rotatable bonds is 4. The number of nitrogens with zero attached hydrogens (tertiary/aromatic N) is 3. The zero-order valence-electron chi connectivity index (χ0n) is 13.8. The lowest BCUT2D eigenvalue weighted by Crippen LogP contribution is -2.11. The Labute approximate surface area is 160 Å². The normalized spacial score (nSPS) is 11.4. The van der Waals surface area contributed by atoms with Crippen LogP contribution in [0.15, 0.2) is 64.2 Å². The number of nitrogens with one attached hydrogen (secondary N) is 1. The van der Waals surface area contributed by atoms with Gasteiger partial charge < -0.3 is 0 Å². The summed E-state index contributed by atoms with van der Waals surface area (Å²) in [6.07, 6.45) is 0. The first-order chi connectivity index (χ1) is 12.0. The molecule has 25 heavy (non-hydrogen) atoms. The second kappa shape index (κ2) is 7.76. The van der Waals surface area contributed by atoms with E-state index in [0.717, 1.165) is 32.8 Å². The van der Waals surface area contributed by atoms with E-state index in [4.69, 9.17) is 11.6 Å². The minimum absolute atomic E-state index is 0.680. The molecule has 0 bridgehead atoms. The molecule has 0 fully saturated rings. The predicted molar refractivity (Wildman–Crippen MR) is 106 cm³/mol. The summed E-state index contributed by atoms with van der Waals surface area (Å²) in [6, 6.07) is 17.3. The molecule has 4 nitrogen and oxygen atoms in total. The molecule has 0 radical (unpaired) electrons. The summed E-state index contributed by atoms with van der Waals surface area (Å²) in [4.78, 5) is 8.88. The van der Waals surface area contributed by atoms with Crippen LogP contribution in [-0.4, -0.2) is 15.7 Å². The summed E-state index contributed by atoms with van der Waals surface area (Å²) in [6.45, 7) is 3.82. The van der Waals surface area contributed by atoms with Crippen molar-refractivity contribution in [3.8, 4) is 0 Å². The summed E-state index contributed by atoms with van der Waals surface area (Å²) in [7, 11) is 0. The molecule has 126 valence electrons. The molecule has 1 aromatic heterocycles. The molecule has 6 heteroatoms. The third-order valence-electron chi connectivity index (χ3n) is 3.47. The zero-order valence-corrected chi connectivity index (χ0v) is 16.1. The van der Waals surface area contributed by atoms with E-state index < -0.39 is 0 Å². The van der Waals surface area contributed by atoms with Gasteiger partial charge in [-0.2, -0.15) is 5.10 Å². The van der Waals surface area contributed by atoms with E-state index in [1.807, 2.05) is 68.4 Å². The van der Waals surface area contributed by atoms with Gasteiger partial charge in [0.15, 0.2) is 0 Å². The van der Waals surface area contributed by atoms with Gasteiger partial charge in [0, 0.05) is 20.8 Å². The summed E-state index contributed by atoms with van der Waals surface area (Å²) in [5.41, 5.74) is 7.29. The Bertz CT molecular complexity index is 885. The lowest BCUT2D eigenvalue weighted by atomic mass is 10.1. The minimum atomic E-state index is 0.680. The van der Waals surface area contributed by atoms with Crippen LogP contribution < -0.4 is 5.43 Å². The van der Waals surface area contributed by atoms with Crippen LogP contribution >= 0.6 is 27.5 Å². The molecule has 0 spiro atoms. The third-order valence-corrected chi connectivity index (χ3v) is 4.25. The van der Waals surface area contributed by atoms with Crippen LogP contribution in [-0.2, 0) is 0 Å². The molecule has 0 saturated heterocycles. The lowest BCUT2D eigenvalue weighted by molar-refractivity contribution is 1.00. The molecule has 0 aliphatic rings. The van der Waals surface area contributed by atoms with Crippen molar-refractivity contribution in [2.45, 2.75) is 13.8 Å². The van der Waals surface area contributed by atoms with Crippen molar-refractivity contribution >= 4 is 38.9 Å². The van der Waals surface area contributed by atoms with Gasteiger partial charge in [-0.15, -0.1) is 0 Å². The Balaban J connectivity index is 2.03. The van der Waals surface area contributed by atoms with Crippen molar-refractivity contribution in [1.29, 1.82) is 0 Å². The van der Waals surface area contributed by atoms with Crippen LogP contribution in [0.1, 0.15) is 22.8 Å². The average Bonchev–Trinajstić information content (AvgIpc) is 2.57. The van der Waals surface area contributed by atoms with Crippen molar-refractivity contribution in [2.75, 3.05) is 5.43 Å². The van der Waals surface area contributed by atoms with Crippen LogP contribution in [0, 0.1) is 13.8 Å². The van der Waals surface area contributed by atoms with Crippen molar-refractivity contribution in [2.24, 2.45) is 5.10 Å². The zero-order chi connectivity index (χ0) is 17.8. The van der Waals surface area contributed by atoms with Gasteiger partial charge in [-0.25, -0.2) is 9.97 Å². The monoisotopic (exact) mass is 414 g/mol. The summed E-state index contributed by atoms with van der Waals surface area (Å²) >= 11 is 9.44. The third kappa shape index (κ3) is 4.65. The standard InChI is InChI=1S/C19H16BrClN4/c1-12-11-18(23-13(2)22-12)19(14-3-7-16(21)8-4-14)25-24-17-9-5-15(20)6-10-17/h3-11,24H,1-2H3/b25-19+. The quantitative estimate of drug-likeness (QED) is 0.460.